The van der Waals surface area contributed by atoms with Gasteiger partial charge in [-0.3, -0.25) is 9.80 Å². The molecule has 0 spiro atoms. The molecule has 4 aromatic rings. The molecule has 0 saturated heterocycles. The Kier molecular flexibility index (Phi) is 7.92. The second kappa shape index (κ2) is 12.1. The van der Waals surface area contributed by atoms with E-state index < -0.39 is 0 Å². The smallest absolute Gasteiger partial charge is 0.174 e. The molecule has 9 nitrogen and oxygen atoms in total. The molecule has 0 saturated carbocycles. The number of fused-ring (bicyclic) bond motifs is 2. The van der Waals surface area contributed by atoms with Crippen molar-refractivity contribution in [1.82, 2.24) is 9.80 Å². The van der Waals surface area contributed by atoms with Crippen LogP contribution in [0, 0.1) is 0 Å². The number of anilines is 2. The predicted molar refractivity (Wildman–Crippen MR) is 179 cm³/mol. The molecule has 4 heterocycles. The van der Waals surface area contributed by atoms with E-state index in [9.17, 15) is 5.11 Å². The number of benzene rings is 4. The SMILES string of the molecule is COc1cc2c3cc1Oc1c(OC)c(CO)cc4c1C(Cc1ccc(cc1)Oc1cc(cc(N)c1N)CC3N(C)CC2)N(C)CC4. The number of nitrogens with two attached hydrogens (primary N) is 2. The first-order chi connectivity index (χ1) is 22.3. The van der Waals surface area contributed by atoms with Gasteiger partial charge in [-0.15, -0.1) is 0 Å². The van der Waals surface area contributed by atoms with E-state index in [-0.39, 0.29) is 18.7 Å². The largest absolute Gasteiger partial charge is 0.493 e. The summed E-state index contributed by atoms with van der Waals surface area (Å²) in [5.41, 5.74) is 21.3. The van der Waals surface area contributed by atoms with Gasteiger partial charge in [-0.05, 0) is 110 Å². The summed E-state index contributed by atoms with van der Waals surface area (Å²) in [4.78, 5) is 4.72. The molecule has 5 N–H and O–H groups in total. The number of nitrogens with zero attached hydrogens (tertiary/aromatic N) is 2. The van der Waals surface area contributed by atoms with Crippen molar-refractivity contribution >= 4 is 11.4 Å². The molecule has 0 amide bonds. The summed E-state index contributed by atoms with van der Waals surface area (Å²) < 4.78 is 25.3. The lowest BCUT2D eigenvalue weighted by atomic mass is 9.86. The third-order valence-electron chi connectivity index (χ3n) is 9.92. The van der Waals surface area contributed by atoms with Gasteiger partial charge in [0.2, 0.25) is 0 Å². The molecule has 0 fully saturated rings. The van der Waals surface area contributed by atoms with Crippen LogP contribution in [0.25, 0.3) is 0 Å². The van der Waals surface area contributed by atoms with E-state index in [0.29, 0.717) is 57.9 Å². The van der Waals surface area contributed by atoms with Crippen molar-refractivity contribution in [2.45, 2.75) is 44.4 Å². The Bertz CT molecular complexity index is 1790. The maximum absolute atomic E-state index is 10.4. The first kappa shape index (κ1) is 30.2. The number of hydrogen-bond donors (Lipinski definition) is 3. The molecular formula is C37H42N4O5. The predicted octanol–water partition coefficient (Wildman–Crippen LogP) is 5.80. The quantitative estimate of drug-likeness (QED) is 0.244. The Morgan fingerprint density at radius 2 is 1.52 bits per heavy atom. The van der Waals surface area contributed by atoms with E-state index in [4.69, 9.17) is 30.4 Å². The van der Waals surface area contributed by atoms with Crippen LogP contribution in [0.2, 0.25) is 0 Å². The summed E-state index contributed by atoms with van der Waals surface area (Å²) in [5.74, 6) is 3.68. The van der Waals surface area contributed by atoms with Gasteiger partial charge in [0.1, 0.15) is 5.75 Å². The number of hydrogen-bond acceptors (Lipinski definition) is 9. The van der Waals surface area contributed by atoms with E-state index >= 15 is 0 Å². The minimum Gasteiger partial charge on any atom is -0.493 e. The molecule has 0 aromatic heterocycles. The fourth-order valence-electron chi connectivity index (χ4n) is 7.34. The van der Waals surface area contributed by atoms with Gasteiger partial charge in [0.05, 0.1) is 32.2 Å². The third-order valence-corrected chi connectivity index (χ3v) is 9.92. The van der Waals surface area contributed by atoms with Gasteiger partial charge in [-0.1, -0.05) is 12.1 Å². The standard InChI is InChI=1S/C37H42N4O5/c1-40-11-9-23-18-31(43-3)32-19-27(23)29(40)15-22-13-28(38)35(39)33(16-22)45-26-7-5-21(6-8-26)14-30-34-24(10-12-41(30)2)17-25(20-42)36(44-4)37(34)46-32/h5-8,13,16-19,29-30,42H,9-12,14-15,20,38-39H2,1-4H3. The first-order valence-electron chi connectivity index (χ1n) is 15.8. The second-order valence-electron chi connectivity index (χ2n) is 12.7. The van der Waals surface area contributed by atoms with Crippen LogP contribution in [-0.2, 0) is 32.3 Å². The fourth-order valence-corrected chi connectivity index (χ4v) is 7.34. The molecule has 9 heteroatoms. The Hall–Kier alpha value is -4.44. The molecule has 4 aliphatic heterocycles. The number of ether oxygens (including phenoxy) is 4. The lowest BCUT2D eigenvalue weighted by Crippen LogP contribution is -2.34. The van der Waals surface area contributed by atoms with Crippen molar-refractivity contribution in [2.24, 2.45) is 0 Å². The molecule has 8 rings (SSSR count). The van der Waals surface area contributed by atoms with Gasteiger partial charge in [0.15, 0.2) is 28.7 Å². The van der Waals surface area contributed by atoms with E-state index in [1.807, 2.05) is 24.3 Å². The van der Waals surface area contributed by atoms with E-state index in [1.165, 1.54) is 11.1 Å². The Morgan fingerprint density at radius 1 is 0.804 bits per heavy atom. The molecule has 46 heavy (non-hydrogen) atoms. The Labute approximate surface area is 270 Å². The molecular weight excluding hydrogens is 580 g/mol. The minimum atomic E-state index is -0.157. The van der Waals surface area contributed by atoms with Crippen molar-refractivity contribution in [1.29, 1.82) is 0 Å². The molecule has 4 aliphatic rings. The highest BCUT2D eigenvalue weighted by Crippen LogP contribution is 2.50. The minimum absolute atomic E-state index is 0.000623. The zero-order valence-electron chi connectivity index (χ0n) is 26.9. The highest BCUT2D eigenvalue weighted by molar-refractivity contribution is 5.72. The van der Waals surface area contributed by atoms with Crippen LogP contribution in [0.3, 0.4) is 0 Å². The topological polar surface area (TPSA) is 116 Å². The first-order valence-corrected chi connectivity index (χ1v) is 15.8. The van der Waals surface area contributed by atoms with E-state index in [2.05, 4.69) is 54.2 Å². The number of rotatable bonds is 3. The molecule has 2 unspecified atom stereocenters. The Morgan fingerprint density at radius 3 is 2.24 bits per heavy atom. The van der Waals surface area contributed by atoms with Crippen LogP contribution in [-0.4, -0.2) is 56.3 Å². The summed E-state index contributed by atoms with van der Waals surface area (Å²) in [6.07, 6.45) is 3.15. The highest BCUT2D eigenvalue weighted by Gasteiger charge is 2.34. The van der Waals surface area contributed by atoms with Crippen LogP contribution in [0.1, 0.15) is 51.0 Å². The van der Waals surface area contributed by atoms with Gasteiger partial charge in [0, 0.05) is 36.3 Å². The van der Waals surface area contributed by atoms with Crippen LogP contribution in [0.5, 0.6) is 34.5 Å². The average Bonchev–Trinajstić information content (AvgIpc) is 3.05. The van der Waals surface area contributed by atoms with Crippen molar-refractivity contribution in [3.63, 3.8) is 0 Å². The Balaban J connectivity index is 1.47. The molecule has 0 aliphatic carbocycles. The monoisotopic (exact) mass is 622 g/mol. The third kappa shape index (κ3) is 5.28. The highest BCUT2D eigenvalue weighted by atomic mass is 16.5. The molecule has 6 bridgehead atoms. The number of aliphatic hydroxyl groups is 1. The van der Waals surface area contributed by atoms with Crippen LogP contribution in [0.4, 0.5) is 11.4 Å². The van der Waals surface area contributed by atoms with Gasteiger partial charge in [0.25, 0.3) is 0 Å². The van der Waals surface area contributed by atoms with Gasteiger partial charge < -0.3 is 35.5 Å². The van der Waals surface area contributed by atoms with Crippen molar-refractivity contribution < 1.29 is 24.1 Å². The molecule has 4 aromatic carbocycles. The fraction of sp³-hybridized carbons (Fsp3) is 0.351. The van der Waals surface area contributed by atoms with E-state index in [1.54, 1.807) is 14.2 Å². The molecule has 0 radical (unpaired) electrons. The summed E-state index contributed by atoms with van der Waals surface area (Å²) in [6, 6.07) is 18.4. The van der Waals surface area contributed by atoms with Crippen molar-refractivity contribution in [3.8, 4) is 34.5 Å². The zero-order valence-corrected chi connectivity index (χ0v) is 26.9. The van der Waals surface area contributed by atoms with Gasteiger partial charge in [-0.25, -0.2) is 0 Å². The summed E-state index contributed by atoms with van der Waals surface area (Å²) in [5, 5.41) is 10.4. The van der Waals surface area contributed by atoms with Crippen LogP contribution >= 0.6 is 0 Å². The molecule has 2 atom stereocenters. The number of methoxy groups -OCH3 is 2. The number of aliphatic hydroxyl groups excluding tert-OH is 1. The summed E-state index contributed by atoms with van der Waals surface area (Å²) in [6.45, 7) is 1.62. The number of nitrogen functional groups attached to an aromatic ring is 2. The van der Waals surface area contributed by atoms with Crippen LogP contribution < -0.4 is 30.4 Å². The van der Waals surface area contributed by atoms with Gasteiger partial charge in [-0.2, -0.15) is 0 Å². The molecule has 240 valence electrons. The second-order valence-corrected chi connectivity index (χ2v) is 12.7. The maximum atomic E-state index is 10.4. The van der Waals surface area contributed by atoms with Gasteiger partial charge >= 0.3 is 0 Å². The number of likely N-dealkylation sites (N-methyl/N-ethyl adjacent to an activating group) is 2. The van der Waals surface area contributed by atoms with Crippen molar-refractivity contribution in [3.05, 3.63) is 93.5 Å². The maximum Gasteiger partial charge on any atom is 0.174 e. The van der Waals surface area contributed by atoms with Crippen LogP contribution in [0.15, 0.2) is 54.6 Å². The normalized spacial score (nSPS) is 19.3. The zero-order chi connectivity index (χ0) is 32.1. The van der Waals surface area contributed by atoms with E-state index in [0.717, 1.165) is 54.6 Å². The average molecular weight is 623 g/mol. The summed E-state index contributed by atoms with van der Waals surface area (Å²) >= 11 is 0. The lowest BCUT2D eigenvalue weighted by Gasteiger charge is -2.37. The summed E-state index contributed by atoms with van der Waals surface area (Å²) in [7, 11) is 7.60. The van der Waals surface area contributed by atoms with Crippen molar-refractivity contribution in [2.75, 3.05) is 52.9 Å². The lowest BCUT2D eigenvalue weighted by molar-refractivity contribution is 0.219.